The van der Waals surface area contributed by atoms with Crippen LogP contribution in [0.3, 0.4) is 0 Å². The number of carboxylic acids is 1. The zero-order valence-corrected chi connectivity index (χ0v) is 5.09. The summed E-state index contributed by atoms with van der Waals surface area (Å²) in [5, 5.41) is 18.6. The van der Waals surface area contributed by atoms with Crippen molar-refractivity contribution < 1.29 is 38.6 Å². The van der Waals surface area contributed by atoms with Gasteiger partial charge in [0.25, 0.3) is 0 Å². The zero-order valence-electron chi connectivity index (χ0n) is 5.09. The van der Waals surface area contributed by atoms with Gasteiger partial charge in [0.2, 0.25) is 0 Å². The number of carbonyl (C=O) groups is 1. The topological polar surface area (TPSA) is 69.6 Å². The second-order valence-corrected chi connectivity index (χ2v) is 1.81. The van der Waals surface area contributed by atoms with Crippen molar-refractivity contribution in [3.8, 4) is 0 Å². The van der Waals surface area contributed by atoms with E-state index < -0.39 is 11.6 Å². The van der Waals surface area contributed by atoms with E-state index in [0.717, 1.165) is 0 Å². The molecule has 0 aromatic heterocycles. The molecule has 0 amide bonds. The summed E-state index contributed by atoms with van der Waals surface area (Å²) in [6, 6.07) is 0. The summed E-state index contributed by atoms with van der Waals surface area (Å²) in [4.78, 5) is 9.86. The predicted molar refractivity (Wildman–Crippen MR) is 20.8 cm³/mol. The van der Waals surface area contributed by atoms with E-state index in [9.17, 15) is 9.90 Å². The first-order valence-electron chi connectivity index (χ1n) is 2.17. The van der Waals surface area contributed by atoms with E-state index in [0.29, 0.717) is 0 Å². The van der Waals surface area contributed by atoms with E-state index >= 15 is 0 Å². The standard InChI is InChI=1S/C4H6O4.Li/c5-3(6)4(7)1-8-2-4;/h7H,1-2H2,(H,5,6);/q;+1/p-1. The Morgan fingerprint density at radius 2 is 2.11 bits per heavy atom. The Morgan fingerprint density at radius 1 is 1.67 bits per heavy atom. The molecule has 0 aliphatic carbocycles. The average Bonchev–Trinajstić information content (AvgIpc) is 1.60. The fourth-order valence-corrected chi connectivity index (χ4v) is 0.413. The maximum atomic E-state index is 9.86. The van der Waals surface area contributed by atoms with Crippen molar-refractivity contribution in [2.24, 2.45) is 0 Å². The van der Waals surface area contributed by atoms with Gasteiger partial charge >= 0.3 is 18.9 Å². The van der Waals surface area contributed by atoms with Crippen LogP contribution in [0.25, 0.3) is 0 Å². The minimum atomic E-state index is -1.69. The molecule has 1 heterocycles. The molecule has 1 rings (SSSR count). The molecule has 0 spiro atoms. The third-order valence-corrected chi connectivity index (χ3v) is 1.06. The summed E-state index contributed by atoms with van der Waals surface area (Å²) in [5.74, 6) is -1.45. The molecule has 0 unspecified atom stereocenters. The van der Waals surface area contributed by atoms with Crippen LogP contribution in [-0.4, -0.2) is 29.9 Å². The molecule has 0 aromatic rings. The van der Waals surface area contributed by atoms with Gasteiger partial charge in [-0.15, -0.1) is 0 Å². The van der Waals surface area contributed by atoms with E-state index in [2.05, 4.69) is 4.74 Å². The Balaban J connectivity index is 0.000000640. The van der Waals surface area contributed by atoms with Crippen LogP contribution in [0.1, 0.15) is 0 Å². The summed E-state index contributed by atoms with van der Waals surface area (Å²) < 4.78 is 4.43. The Bertz CT molecular complexity index is 120. The first-order valence-corrected chi connectivity index (χ1v) is 2.17. The molecule has 1 aliphatic rings. The first kappa shape index (κ1) is 8.99. The first-order chi connectivity index (χ1) is 3.65. The molecular weight excluding hydrogens is 119 g/mol. The van der Waals surface area contributed by atoms with Gasteiger partial charge in [-0.3, -0.25) is 0 Å². The van der Waals surface area contributed by atoms with Gasteiger partial charge in [-0.2, -0.15) is 0 Å². The third kappa shape index (κ3) is 1.46. The number of hydrogen-bond acceptors (Lipinski definition) is 4. The Kier molecular flexibility index (Phi) is 2.71. The van der Waals surface area contributed by atoms with Crippen molar-refractivity contribution >= 4 is 5.97 Å². The molecule has 0 bridgehead atoms. The molecule has 0 saturated carbocycles. The fourth-order valence-electron chi connectivity index (χ4n) is 0.413. The number of rotatable bonds is 1. The van der Waals surface area contributed by atoms with Crippen molar-refractivity contribution in [2.75, 3.05) is 13.2 Å². The van der Waals surface area contributed by atoms with Crippen LogP contribution in [-0.2, 0) is 9.53 Å². The Morgan fingerprint density at radius 3 is 2.11 bits per heavy atom. The Hall–Kier alpha value is -0.0126. The van der Waals surface area contributed by atoms with E-state index in [1.165, 1.54) is 0 Å². The van der Waals surface area contributed by atoms with Gasteiger partial charge in [-0.1, -0.05) is 0 Å². The third-order valence-electron chi connectivity index (χ3n) is 1.06. The molecule has 5 heteroatoms. The smallest absolute Gasteiger partial charge is 0.547 e. The summed E-state index contributed by atoms with van der Waals surface area (Å²) in [7, 11) is 0. The summed E-state index contributed by atoms with van der Waals surface area (Å²) in [6.45, 7) is -0.287. The Labute approximate surface area is 64.0 Å². The van der Waals surface area contributed by atoms with Gasteiger partial charge in [0.15, 0.2) is 5.60 Å². The van der Waals surface area contributed by atoms with Gasteiger partial charge in [0.1, 0.15) is 0 Å². The van der Waals surface area contributed by atoms with E-state index in [1.54, 1.807) is 0 Å². The summed E-state index contributed by atoms with van der Waals surface area (Å²) in [5.41, 5.74) is -1.69. The van der Waals surface area contributed by atoms with Gasteiger partial charge in [0, 0.05) is 0 Å². The van der Waals surface area contributed by atoms with Crippen molar-refractivity contribution in [1.29, 1.82) is 0 Å². The molecular formula is C4H5LiO4. The van der Waals surface area contributed by atoms with Crippen LogP contribution in [0.5, 0.6) is 0 Å². The number of hydrogen-bond donors (Lipinski definition) is 1. The van der Waals surface area contributed by atoms with Crippen LogP contribution in [0.4, 0.5) is 0 Å². The van der Waals surface area contributed by atoms with Crippen LogP contribution in [0.15, 0.2) is 0 Å². The predicted octanol–water partition coefficient (Wildman–Crippen LogP) is -5.50. The van der Waals surface area contributed by atoms with Crippen molar-refractivity contribution in [3.05, 3.63) is 0 Å². The normalized spacial score (nSPS) is 21.4. The van der Waals surface area contributed by atoms with Crippen LogP contribution in [0.2, 0.25) is 0 Å². The average molecular weight is 124 g/mol. The van der Waals surface area contributed by atoms with E-state index in [1.807, 2.05) is 0 Å². The number of carboxylic acid groups (broad SMARTS) is 1. The van der Waals surface area contributed by atoms with Gasteiger partial charge in [-0.25, -0.2) is 0 Å². The number of carbonyl (C=O) groups excluding carboxylic acids is 1. The van der Waals surface area contributed by atoms with Crippen LogP contribution in [0, 0.1) is 0 Å². The number of aliphatic hydroxyl groups is 1. The van der Waals surface area contributed by atoms with Crippen LogP contribution >= 0.6 is 0 Å². The SMILES string of the molecule is O=C([O-])C1(O)COC1.[Li+]. The summed E-state index contributed by atoms with van der Waals surface area (Å²) in [6.07, 6.45) is 0. The van der Waals surface area contributed by atoms with Gasteiger partial charge in [0.05, 0.1) is 19.2 Å². The molecule has 9 heavy (non-hydrogen) atoms. The largest absolute Gasteiger partial charge is 1.00 e. The molecule has 0 aromatic carbocycles. The van der Waals surface area contributed by atoms with Gasteiger partial charge < -0.3 is 19.7 Å². The molecule has 4 nitrogen and oxygen atoms in total. The summed E-state index contributed by atoms with van der Waals surface area (Å²) >= 11 is 0. The molecule has 1 saturated heterocycles. The van der Waals surface area contributed by atoms with Crippen molar-refractivity contribution in [2.45, 2.75) is 5.60 Å². The quantitative estimate of drug-likeness (QED) is 0.354. The maximum Gasteiger partial charge on any atom is 1.00 e. The molecule has 1 fully saturated rings. The van der Waals surface area contributed by atoms with Gasteiger partial charge in [-0.05, 0) is 0 Å². The second-order valence-electron chi connectivity index (χ2n) is 1.81. The molecule has 1 aliphatic heterocycles. The van der Waals surface area contributed by atoms with Crippen LogP contribution < -0.4 is 24.0 Å². The fraction of sp³-hybridized carbons (Fsp3) is 0.750. The second kappa shape index (κ2) is 2.71. The van der Waals surface area contributed by atoms with E-state index in [-0.39, 0.29) is 32.1 Å². The minimum absolute atomic E-state index is 0. The number of ether oxygens (including phenoxy) is 1. The number of aliphatic carboxylic acids is 1. The molecule has 46 valence electrons. The maximum absolute atomic E-state index is 9.86. The molecule has 0 radical (unpaired) electrons. The monoisotopic (exact) mass is 124 g/mol. The van der Waals surface area contributed by atoms with Crippen molar-refractivity contribution in [1.82, 2.24) is 0 Å². The van der Waals surface area contributed by atoms with E-state index in [4.69, 9.17) is 5.11 Å². The zero-order chi connectivity index (χ0) is 6.20. The molecule has 1 N–H and O–H groups in total. The van der Waals surface area contributed by atoms with Crippen molar-refractivity contribution in [3.63, 3.8) is 0 Å². The minimum Gasteiger partial charge on any atom is -0.547 e. The molecule has 0 atom stereocenters.